The zero-order valence-electron chi connectivity index (χ0n) is 12.7. The van der Waals surface area contributed by atoms with E-state index in [0.29, 0.717) is 25.8 Å². The van der Waals surface area contributed by atoms with Crippen molar-refractivity contribution in [3.05, 3.63) is 0 Å². The lowest BCUT2D eigenvalue weighted by atomic mass is 9.81. The van der Waals surface area contributed by atoms with Gasteiger partial charge in [-0.15, -0.1) is 0 Å². The molecule has 116 valence electrons. The van der Waals surface area contributed by atoms with E-state index in [1.165, 1.54) is 0 Å². The van der Waals surface area contributed by atoms with E-state index in [1.807, 2.05) is 4.90 Å². The van der Waals surface area contributed by atoms with Crippen molar-refractivity contribution < 1.29 is 9.59 Å². The molecule has 0 aromatic heterocycles. The second-order valence-electron chi connectivity index (χ2n) is 6.20. The average molecular weight is 291 g/mol. The highest BCUT2D eigenvalue weighted by molar-refractivity contribution is 5.86. The first-order valence-corrected chi connectivity index (χ1v) is 8.15. The van der Waals surface area contributed by atoms with Gasteiger partial charge in [0.1, 0.15) is 5.41 Å². The Labute approximate surface area is 126 Å². The van der Waals surface area contributed by atoms with Crippen LogP contribution in [-0.2, 0) is 9.59 Å². The Morgan fingerprint density at radius 2 is 1.67 bits per heavy atom. The molecule has 1 saturated heterocycles. The van der Waals surface area contributed by atoms with E-state index in [-0.39, 0.29) is 11.8 Å². The quantitative estimate of drug-likeness (QED) is 0.805. The maximum atomic E-state index is 12.3. The van der Waals surface area contributed by atoms with Gasteiger partial charge in [-0.25, -0.2) is 0 Å². The molecule has 0 bridgehead atoms. The molecule has 1 saturated carbocycles. The number of nitriles is 1. The Hall–Kier alpha value is -1.57. The molecule has 1 aliphatic heterocycles. The molecular formula is C16H25N3O2. The molecule has 0 aromatic rings. The summed E-state index contributed by atoms with van der Waals surface area (Å²) in [5.74, 6) is -0.0687. The van der Waals surface area contributed by atoms with Gasteiger partial charge in [0.25, 0.3) is 0 Å². The fraction of sp³-hybridized carbons (Fsp3) is 0.812. The number of amides is 2. The second kappa shape index (κ2) is 7.44. The molecule has 5 heteroatoms. The third kappa shape index (κ3) is 3.96. The molecule has 0 aromatic carbocycles. The lowest BCUT2D eigenvalue weighted by molar-refractivity contribution is -0.131. The molecule has 2 rings (SSSR count). The van der Waals surface area contributed by atoms with Crippen LogP contribution in [0.2, 0.25) is 0 Å². The number of nitrogens with one attached hydrogen (secondary N) is 1. The Bertz CT molecular complexity index is 414. The number of likely N-dealkylation sites (tertiary alicyclic amines) is 1. The van der Waals surface area contributed by atoms with Crippen molar-refractivity contribution in [3.8, 4) is 6.07 Å². The summed E-state index contributed by atoms with van der Waals surface area (Å²) in [6.07, 6.45) is 7.87. The van der Waals surface area contributed by atoms with Gasteiger partial charge in [0, 0.05) is 26.1 Å². The first kappa shape index (κ1) is 15.8. The van der Waals surface area contributed by atoms with Crippen LogP contribution in [0.15, 0.2) is 0 Å². The van der Waals surface area contributed by atoms with Gasteiger partial charge in [0.05, 0.1) is 6.07 Å². The van der Waals surface area contributed by atoms with E-state index in [0.717, 1.165) is 51.6 Å². The Kier molecular flexibility index (Phi) is 5.60. The highest BCUT2D eigenvalue weighted by Gasteiger charge is 2.38. The number of hydrogen-bond donors (Lipinski definition) is 1. The van der Waals surface area contributed by atoms with Crippen molar-refractivity contribution in [1.29, 1.82) is 5.26 Å². The predicted octanol–water partition coefficient (Wildman–Crippen LogP) is 1.98. The second-order valence-corrected chi connectivity index (χ2v) is 6.20. The Morgan fingerprint density at radius 3 is 2.24 bits per heavy atom. The van der Waals surface area contributed by atoms with Crippen molar-refractivity contribution in [2.24, 2.45) is 5.41 Å². The maximum absolute atomic E-state index is 12.3. The first-order chi connectivity index (χ1) is 10.2. The highest BCUT2D eigenvalue weighted by atomic mass is 16.2. The number of rotatable bonds is 4. The molecule has 0 spiro atoms. The third-order valence-corrected chi connectivity index (χ3v) is 4.69. The molecule has 2 amide bonds. The largest absolute Gasteiger partial charge is 0.354 e. The van der Waals surface area contributed by atoms with Gasteiger partial charge in [-0.3, -0.25) is 9.59 Å². The van der Waals surface area contributed by atoms with Gasteiger partial charge in [0.15, 0.2) is 0 Å². The molecule has 21 heavy (non-hydrogen) atoms. The molecule has 0 radical (unpaired) electrons. The topological polar surface area (TPSA) is 73.2 Å². The Morgan fingerprint density at radius 1 is 1.05 bits per heavy atom. The molecule has 2 fully saturated rings. The summed E-state index contributed by atoms with van der Waals surface area (Å²) in [4.78, 5) is 26.1. The van der Waals surface area contributed by atoms with Gasteiger partial charge in [-0.1, -0.05) is 25.7 Å². The first-order valence-electron chi connectivity index (χ1n) is 8.15. The molecule has 5 nitrogen and oxygen atoms in total. The zero-order valence-corrected chi connectivity index (χ0v) is 12.7. The van der Waals surface area contributed by atoms with E-state index in [4.69, 9.17) is 0 Å². The molecule has 1 N–H and O–H groups in total. The number of carbonyl (C=O) groups excluding carboxylic acids is 2. The highest BCUT2D eigenvalue weighted by Crippen LogP contribution is 2.34. The van der Waals surface area contributed by atoms with E-state index in [9.17, 15) is 14.9 Å². The van der Waals surface area contributed by atoms with Crippen LogP contribution in [0.1, 0.15) is 57.8 Å². The van der Waals surface area contributed by atoms with Gasteiger partial charge in [-0.05, 0) is 25.7 Å². The number of carbonyl (C=O) groups is 2. The lowest BCUT2D eigenvalue weighted by Crippen LogP contribution is -2.41. The van der Waals surface area contributed by atoms with Crippen LogP contribution in [0.3, 0.4) is 0 Å². The lowest BCUT2D eigenvalue weighted by Gasteiger charge is -2.23. The third-order valence-electron chi connectivity index (χ3n) is 4.69. The average Bonchev–Trinajstić information content (AvgIpc) is 2.92. The van der Waals surface area contributed by atoms with Crippen molar-refractivity contribution in [3.63, 3.8) is 0 Å². The molecular weight excluding hydrogens is 266 g/mol. The van der Waals surface area contributed by atoms with Crippen LogP contribution in [0.5, 0.6) is 0 Å². The smallest absolute Gasteiger partial charge is 0.240 e. The normalized spacial score (nSPS) is 21.4. The predicted molar refractivity (Wildman–Crippen MR) is 79.2 cm³/mol. The summed E-state index contributed by atoms with van der Waals surface area (Å²) in [7, 11) is 0. The van der Waals surface area contributed by atoms with Crippen LogP contribution < -0.4 is 5.32 Å². The standard InChI is InChI=1S/C16H25N3O2/c17-13-16(8-3-1-2-4-9-16)15(21)18-10-7-14(20)19-11-5-6-12-19/h1-12H2,(H,18,21). The van der Waals surface area contributed by atoms with Crippen LogP contribution >= 0.6 is 0 Å². The summed E-state index contributed by atoms with van der Waals surface area (Å²) >= 11 is 0. The van der Waals surface area contributed by atoms with Crippen molar-refractivity contribution >= 4 is 11.8 Å². The maximum Gasteiger partial charge on any atom is 0.240 e. The minimum absolute atomic E-state index is 0.111. The van der Waals surface area contributed by atoms with Crippen LogP contribution in [0.4, 0.5) is 0 Å². The SMILES string of the molecule is N#CC1(C(=O)NCCC(=O)N2CCCC2)CCCCCC1. The van der Waals surface area contributed by atoms with Crippen LogP contribution in [0.25, 0.3) is 0 Å². The van der Waals surface area contributed by atoms with Gasteiger partial charge in [0.2, 0.25) is 11.8 Å². The van der Waals surface area contributed by atoms with Crippen LogP contribution in [0, 0.1) is 16.7 Å². The fourth-order valence-corrected chi connectivity index (χ4v) is 3.30. The van der Waals surface area contributed by atoms with Gasteiger partial charge >= 0.3 is 0 Å². The summed E-state index contributed by atoms with van der Waals surface area (Å²) < 4.78 is 0. The summed E-state index contributed by atoms with van der Waals surface area (Å²) in [6, 6.07) is 2.24. The van der Waals surface area contributed by atoms with Crippen molar-refractivity contribution in [1.82, 2.24) is 10.2 Å². The molecule has 0 unspecified atom stereocenters. The van der Waals surface area contributed by atoms with Gasteiger partial charge < -0.3 is 10.2 Å². The van der Waals surface area contributed by atoms with E-state index in [2.05, 4.69) is 11.4 Å². The fourth-order valence-electron chi connectivity index (χ4n) is 3.30. The van der Waals surface area contributed by atoms with E-state index >= 15 is 0 Å². The van der Waals surface area contributed by atoms with E-state index in [1.54, 1.807) is 0 Å². The molecule has 1 aliphatic carbocycles. The van der Waals surface area contributed by atoms with E-state index < -0.39 is 5.41 Å². The minimum Gasteiger partial charge on any atom is -0.354 e. The van der Waals surface area contributed by atoms with Crippen molar-refractivity contribution in [2.45, 2.75) is 57.8 Å². The molecule has 2 aliphatic rings. The minimum atomic E-state index is -0.868. The molecule has 1 heterocycles. The Balaban J connectivity index is 1.79. The molecule has 0 atom stereocenters. The van der Waals surface area contributed by atoms with Gasteiger partial charge in [-0.2, -0.15) is 5.26 Å². The van der Waals surface area contributed by atoms with Crippen molar-refractivity contribution in [2.75, 3.05) is 19.6 Å². The number of hydrogen-bond acceptors (Lipinski definition) is 3. The van der Waals surface area contributed by atoms with Crippen LogP contribution in [-0.4, -0.2) is 36.3 Å². The monoisotopic (exact) mass is 291 g/mol. The summed E-state index contributed by atoms with van der Waals surface area (Å²) in [5.41, 5.74) is -0.868. The summed E-state index contributed by atoms with van der Waals surface area (Å²) in [6.45, 7) is 2.03. The summed E-state index contributed by atoms with van der Waals surface area (Å²) in [5, 5.41) is 12.2. The number of nitrogens with zero attached hydrogens (tertiary/aromatic N) is 2. The zero-order chi connectivity index (χ0) is 15.1.